The number of benzene rings is 1. The Balaban J connectivity index is 2.34. The molecule has 0 spiro atoms. The molecule has 1 aromatic carbocycles. The third kappa shape index (κ3) is 2.51. The smallest absolute Gasteiger partial charge is 0.0885 e. The number of methoxy groups -OCH3 is 1. The summed E-state index contributed by atoms with van der Waals surface area (Å²) in [5.74, 6) is 5.73. The van der Waals surface area contributed by atoms with E-state index in [9.17, 15) is 0 Å². The number of hydrogen-bond donors (Lipinski definition) is 2. The van der Waals surface area contributed by atoms with Crippen molar-refractivity contribution in [3.05, 3.63) is 33.8 Å². The van der Waals surface area contributed by atoms with Gasteiger partial charge in [-0.1, -0.05) is 42.1 Å². The van der Waals surface area contributed by atoms with E-state index in [1.807, 2.05) is 12.1 Å². The van der Waals surface area contributed by atoms with Gasteiger partial charge in [-0.3, -0.25) is 11.3 Å². The number of rotatable bonds is 4. The average molecular weight is 289 g/mol. The van der Waals surface area contributed by atoms with Crippen molar-refractivity contribution in [1.29, 1.82) is 0 Å². The highest BCUT2D eigenvalue weighted by atomic mass is 35.5. The van der Waals surface area contributed by atoms with Gasteiger partial charge in [-0.05, 0) is 30.5 Å². The second-order valence-electron chi connectivity index (χ2n) is 4.75. The Morgan fingerprint density at radius 1 is 1.28 bits per heavy atom. The van der Waals surface area contributed by atoms with Gasteiger partial charge < -0.3 is 4.74 Å². The van der Waals surface area contributed by atoms with Crippen molar-refractivity contribution in [3.8, 4) is 0 Å². The van der Waals surface area contributed by atoms with Crippen LogP contribution in [0.3, 0.4) is 0 Å². The molecule has 1 aliphatic carbocycles. The minimum atomic E-state index is -0.244. The molecule has 1 unspecified atom stereocenters. The second-order valence-corrected chi connectivity index (χ2v) is 5.56. The van der Waals surface area contributed by atoms with E-state index in [0.717, 1.165) is 31.2 Å². The molecule has 0 saturated heterocycles. The molecule has 0 aromatic heterocycles. The Hall–Kier alpha value is -0.320. The molecule has 0 bridgehead atoms. The highest BCUT2D eigenvalue weighted by molar-refractivity contribution is 6.42. The quantitative estimate of drug-likeness (QED) is 0.659. The van der Waals surface area contributed by atoms with Crippen LogP contribution in [0.15, 0.2) is 18.2 Å². The monoisotopic (exact) mass is 288 g/mol. The van der Waals surface area contributed by atoms with Crippen molar-refractivity contribution >= 4 is 23.2 Å². The van der Waals surface area contributed by atoms with E-state index in [1.165, 1.54) is 0 Å². The van der Waals surface area contributed by atoms with Crippen LogP contribution >= 0.6 is 23.2 Å². The van der Waals surface area contributed by atoms with Crippen molar-refractivity contribution in [3.63, 3.8) is 0 Å². The lowest BCUT2D eigenvalue weighted by Crippen LogP contribution is -2.46. The molecule has 0 amide bonds. The van der Waals surface area contributed by atoms with Gasteiger partial charge in [0.25, 0.3) is 0 Å². The highest BCUT2D eigenvalue weighted by Gasteiger charge is 2.42. The number of nitrogens with one attached hydrogen (secondary N) is 1. The maximum absolute atomic E-state index is 6.07. The van der Waals surface area contributed by atoms with E-state index in [4.69, 9.17) is 33.8 Å². The van der Waals surface area contributed by atoms with Gasteiger partial charge in [0, 0.05) is 7.11 Å². The van der Waals surface area contributed by atoms with Crippen LogP contribution in [0.25, 0.3) is 0 Å². The van der Waals surface area contributed by atoms with E-state index in [0.29, 0.717) is 10.0 Å². The molecule has 3 N–H and O–H groups in total. The topological polar surface area (TPSA) is 47.3 Å². The lowest BCUT2D eigenvalue weighted by atomic mass is 9.87. The fourth-order valence-electron chi connectivity index (χ4n) is 2.83. The molecule has 3 nitrogen and oxygen atoms in total. The standard InChI is InChI=1S/C13H18Cl2N2O/c1-18-13(6-2-3-7-13)12(17-16)9-4-5-10(14)11(15)8-9/h4-5,8,12,17H,2-3,6-7,16H2,1H3. The lowest BCUT2D eigenvalue weighted by molar-refractivity contribution is -0.0368. The van der Waals surface area contributed by atoms with Crippen LogP contribution in [0.2, 0.25) is 10.0 Å². The zero-order valence-corrected chi connectivity index (χ0v) is 11.9. The first kappa shape index (κ1) is 14.1. The number of hydrogen-bond acceptors (Lipinski definition) is 3. The summed E-state index contributed by atoms with van der Waals surface area (Å²) in [4.78, 5) is 0. The van der Waals surface area contributed by atoms with Crippen LogP contribution in [-0.2, 0) is 4.74 Å². The molecule has 18 heavy (non-hydrogen) atoms. The normalized spacial score (nSPS) is 20.0. The largest absolute Gasteiger partial charge is 0.376 e. The van der Waals surface area contributed by atoms with Gasteiger partial charge in [-0.25, -0.2) is 0 Å². The molecule has 0 aliphatic heterocycles. The number of halogens is 2. The molecule has 0 heterocycles. The molecule has 1 aliphatic rings. The van der Waals surface area contributed by atoms with Crippen molar-refractivity contribution in [2.24, 2.45) is 5.84 Å². The zero-order chi connectivity index (χ0) is 13.2. The Kier molecular flexibility index (Phi) is 4.51. The van der Waals surface area contributed by atoms with Crippen molar-refractivity contribution < 1.29 is 4.74 Å². The predicted octanol–water partition coefficient (Wildman–Crippen LogP) is 3.46. The maximum atomic E-state index is 6.07. The van der Waals surface area contributed by atoms with E-state index >= 15 is 0 Å². The number of hydrazine groups is 1. The third-order valence-electron chi connectivity index (χ3n) is 3.83. The lowest BCUT2D eigenvalue weighted by Gasteiger charge is -2.36. The van der Waals surface area contributed by atoms with E-state index < -0.39 is 0 Å². The molecular formula is C13H18Cl2N2O. The summed E-state index contributed by atoms with van der Waals surface area (Å²) in [6.45, 7) is 0. The van der Waals surface area contributed by atoms with Crippen LogP contribution in [0.1, 0.15) is 37.3 Å². The van der Waals surface area contributed by atoms with E-state index in [-0.39, 0.29) is 11.6 Å². The van der Waals surface area contributed by atoms with Crippen LogP contribution in [-0.4, -0.2) is 12.7 Å². The summed E-state index contributed by atoms with van der Waals surface area (Å²) in [5.41, 5.74) is 3.64. The highest BCUT2D eigenvalue weighted by Crippen LogP contribution is 2.43. The van der Waals surface area contributed by atoms with Gasteiger partial charge in [0.2, 0.25) is 0 Å². The molecule has 1 aromatic rings. The average Bonchev–Trinajstić information content (AvgIpc) is 2.84. The molecule has 1 atom stereocenters. The summed E-state index contributed by atoms with van der Waals surface area (Å²) in [5, 5.41) is 1.09. The Labute approximate surface area is 118 Å². The molecule has 100 valence electrons. The van der Waals surface area contributed by atoms with E-state index in [2.05, 4.69) is 5.43 Å². The molecule has 2 rings (SSSR count). The Morgan fingerprint density at radius 2 is 1.94 bits per heavy atom. The number of nitrogens with two attached hydrogens (primary N) is 1. The fraction of sp³-hybridized carbons (Fsp3) is 0.538. The Bertz CT molecular complexity index is 419. The van der Waals surface area contributed by atoms with Gasteiger partial charge in [-0.2, -0.15) is 0 Å². The summed E-state index contributed by atoms with van der Waals surface area (Å²) in [7, 11) is 1.74. The van der Waals surface area contributed by atoms with Crippen molar-refractivity contribution in [2.75, 3.05) is 7.11 Å². The van der Waals surface area contributed by atoms with Gasteiger partial charge in [0.15, 0.2) is 0 Å². The first-order chi connectivity index (χ1) is 8.63. The summed E-state index contributed by atoms with van der Waals surface area (Å²) in [6, 6.07) is 5.52. The van der Waals surface area contributed by atoms with Gasteiger partial charge in [-0.15, -0.1) is 0 Å². The first-order valence-electron chi connectivity index (χ1n) is 6.09. The molecule has 0 radical (unpaired) electrons. The van der Waals surface area contributed by atoms with Gasteiger partial charge >= 0.3 is 0 Å². The van der Waals surface area contributed by atoms with Crippen LogP contribution < -0.4 is 11.3 Å². The van der Waals surface area contributed by atoms with E-state index in [1.54, 1.807) is 13.2 Å². The minimum Gasteiger partial charge on any atom is -0.376 e. The van der Waals surface area contributed by atoms with Crippen LogP contribution in [0.5, 0.6) is 0 Å². The predicted molar refractivity (Wildman–Crippen MR) is 74.7 cm³/mol. The maximum Gasteiger partial charge on any atom is 0.0885 e. The summed E-state index contributed by atoms with van der Waals surface area (Å²) in [6.07, 6.45) is 4.32. The minimum absolute atomic E-state index is 0.0697. The molecule has 1 saturated carbocycles. The zero-order valence-electron chi connectivity index (χ0n) is 10.4. The molecule has 5 heteroatoms. The fourth-order valence-corrected chi connectivity index (χ4v) is 3.13. The van der Waals surface area contributed by atoms with Crippen LogP contribution in [0.4, 0.5) is 0 Å². The third-order valence-corrected chi connectivity index (χ3v) is 4.57. The second kappa shape index (κ2) is 5.76. The van der Waals surface area contributed by atoms with Crippen LogP contribution in [0, 0.1) is 0 Å². The van der Waals surface area contributed by atoms with Crippen molar-refractivity contribution in [1.82, 2.24) is 5.43 Å². The Morgan fingerprint density at radius 3 is 2.44 bits per heavy atom. The van der Waals surface area contributed by atoms with Gasteiger partial charge in [0.1, 0.15) is 0 Å². The van der Waals surface area contributed by atoms with Gasteiger partial charge in [0.05, 0.1) is 21.7 Å². The molecule has 1 fully saturated rings. The molecular weight excluding hydrogens is 271 g/mol. The first-order valence-corrected chi connectivity index (χ1v) is 6.85. The number of ether oxygens (including phenoxy) is 1. The summed E-state index contributed by atoms with van der Waals surface area (Å²) >= 11 is 12.0. The van der Waals surface area contributed by atoms with Crippen molar-refractivity contribution in [2.45, 2.75) is 37.3 Å². The SMILES string of the molecule is COC1(C(NN)c2ccc(Cl)c(Cl)c2)CCCC1. The summed E-state index contributed by atoms with van der Waals surface area (Å²) < 4.78 is 5.76.